The highest BCUT2D eigenvalue weighted by atomic mass is 35.5. The van der Waals surface area contributed by atoms with Crippen molar-refractivity contribution < 1.29 is 13.6 Å². The normalized spacial score (nSPS) is 14.7. The fourth-order valence-corrected chi connectivity index (χ4v) is 2.94. The summed E-state index contributed by atoms with van der Waals surface area (Å²) in [7, 11) is 0. The monoisotopic (exact) mass is 348 g/mol. The topological polar surface area (TPSA) is 50.2 Å². The van der Waals surface area contributed by atoms with Gasteiger partial charge in [-0.15, -0.1) is 0 Å². The zero-order valence-electron chi connectivity index (χ0n) is 13.5. The summed E-state index contributed by atoms with van der Waals surface area (Å²) >= 11 is 6.02. The van der Waals surface area contributed by atoms with Gasteiger partial charge in [-0.25, -0.2) is 8.78 Å². The van der Waals surface area contributed by atoms with Gasteiger partial charge in [0.2, 0.25) is 5.91 Å². The standard InChI is InChI=1S/C15H23ClF2N4O/c1-3-21(4-2)8-7-19-11(23)9-22-14(10-5-6-10)12(16)13(20-22)15(17)18/h10,15H,3-9H2,1-2H3,(H,19,23). The molecule has 1 amide bonds. The number of alkyl halides is 2. The zero-order chi connectivity index (χ0) is 17.0. The molecule has 0 saturated heterocycles. The molecule has 0 unspecified atom stereocenters. The van der Waals surface area contributed by atoms with Crippen molar-refractivity contribution in [2.45, 2.75) is 45.6 Å². The average Bonchev–Trinajstić information content (AvgIpc) is 3.28. The minimum Gasteiger partial charge on any atom is -0.353 e. The summed E-state index contributed by atoms with van der Waals surface area (Å²) in [6, 6.07) is 0. The second kappa shape index (κ2) is 8.06. The van der Waals surface area contributed by atoms with E-state index in [9.17, 15) is 13.6 Å². The van der Waals surface area contributed by atoms with Gasteiger partial charge in [-0.3, -0.25) is 9.48 Å². The molecule has 1 aliphatic carbocycles. The molecule has 0 spiro atoms. The van der Waals surface area contributed by atoms with E-state index in [1.165, 1.54) is 4.68 Å². The second-order valence-corrected chi connectivity index (χ2v) is 6.07. The van der Waals surface area contributed by atoms with Gasteiger partial charge in [-0.05, 0) is 25.9 Å². The van der Waals surface area contributed by atoms with Crippen molar-refractivity contribution in [3.05, 3.63) is 16.4 Å². The maximum Gasteiger partial charge on any atom is 0.283 e. The molecule has 1 aliphatic rings. The third-order valence-electron chi connectivity index (χ3n) is 4.07. The van der Waals surface area contributed by atoms with Crippen LogP contribution in [0.4, 0.5) is 8.78 Å². The highest BCUT2D eigenvalue weighted by Crippen LogP contribution is 2.45. The first-order valence-corrected chi connectivity index (χ1v) is 8.38. The molecule has 5 nitrogen and oxygen atoms in total. The van der Waals surface area contributed by atoms with Crippen LogP contribution in [0.5, 0.6) is 0 Å². The lowest BCUT2D eigenvalue weighted by molar-refractivity contribution is -0.121. The first-order chi connectivity index (χ1) is 11.0. The molecule has 130 valence electrons. The third kappa shape index (κ3) is 4.64. The van der Waals surface area contributed by atoms with Crippen LogP contribution in [-0.2, 0) is 11.3 Å². The van der Waals surface area contributed by atoms with Crippen molar-refractivity contribution >= 4 is 17.5 Å². The quantitative estimate of drug-likeness (QED) is 0.746. The molecule has 23 heavy (non-hydrogen) atoms. The van der Waals surface area contributed by atoms with Gasteiger partial charge in [0.15, 0.2) is 0 Å². The summed E-state index contributed by atoms with van der Waals surface area (Å²) in [6.45, 7) is 7.17. The van der Waals surface area contributed by atoms with Crippen LogP contribution in [0.1, 0.15) is 50.4 Å². The highest BCUT2D eigenvalue weighted by molar-refractivity contribution is 6.32. The Balaban J connectivity index is 1.96. The summed E-state index contributed by atoms with van der Waals surface area (Å²) in [4.78, 5) is 14.2. The molecule has 0 bridgehead atoms. The summed E-state index contributed by atoms with van der Waals surface area (Å²) < 4.78 is 27.2. The number of carbonyl (C=O) groups excluding carboxylic acids is 1. The number of hydrogen-bond acceptors (Lipinski definition) is 3. The van der Waals surface area contributed by atoms with Crippen molar-refractivity contribution in [3.8, 4) is 0 Å². The number of halogens is 3. The number of carbonyl (C=O) groups is 1. The number of nitrogens with one attached hydrogen (secondary N) is 1. The van der Waals surface area contributed by atoms with Gasteiger partial charge in [0.05, 0.1) is 10.7 Å². The molecule has 0 radical (unpaired) electrons. The van der Waals surface area contributed by atoms with Crippen LogP contribution in [0.25, 0.3) is 0 Å². The van der Waals surface area contributed by atoms with Crippen LogP contribution in [0, 0.1) is 0 Å². The lowest BCUT2D eigenvalue weighted by atomic mass is 10.2. The Morgan fingerprint density at radius 1 is 1.43 bits per heavy atom. The lowest BCUT2D eigenvalue weighted by Gasteiger charge is -2.18. The zero-order valence-corrected chi connectivity index (χ0v) is 14.2. The van der Waals surface area contributed by atoms with Crippen LogP contribution in [0.3, 0.4) is 0 Å². The van der Waals surface area contributed by atoms with Crippen LogP contribution in [-0.4, -0.2) is 46.8 Å². The Bertz CT molecular complexity index is 542. The van der Waals surface area contributed by atoms with Gasteiger partial charge in [0.25, 0.3) is 6.43 Å². The van der Waals surface area contributed by atoms with Gasteiger partial charge >= 0.3 is 0 Å². The van der Waals surface area contributed by atoms with Crippen molar-refractivity contribution in [1.29, 1.82) is 0 Å². The van der Waals surface area contributed by atoms with E-state index in [-0.39, 0.29) is 23.4 Å². The van der Waals surface area contributed by atoms with Gasteiger partial charge < -0.3 is 10.2 Å². The summed E-state index contributed by atoms with van der Waals surface area (Å²) in [6.07, 6.45) is -0.929. The van der Waals surface area contributed by atoms with Crippen molar-refractivity contribution in [2.75, 3.05) is 26.2 Å². The van der Waals surface area contributed by atoms with Gasteiger partial charge in [0, 0.05) is 19.0 Å². The predicted molar refractivity (Wildman–Crippen MR) is 85.0 cm³/mol. The fourth-order valence-electron chi connectivity index (χ4n) is 2.56. The molecule has 1 aromatic rings. The third-order valence-corrected chi connectivity index (χ3v) is 4.45. The Kier molecular flexibility index (Phi) is 6.35. The van der Waals surface area contributed by atoms with Crippen LogP contribution >= 0.6 is 11.6 Å². The predicted octanol–water partition coefficient (Wildman–Crippen LogP) is 2.81. The fraction of sp³-hybridized carbons (Fsp3) is 0.733. The van der Waals surface area contributed by atoms with Gasteiger partial charge in [-0.1, -0.05) is 25.4 Å². The molecule has 1 fully saturated rings. The number of rotatable bonds is 9. The molecule has 0 aromatic carbocycles. The van der Waals surface area contributed by atoms with E-state index in [0.717, 1.165) is 32.5 Å². The molecular formula is C15H23ClF2N4O. The van der Waals surface area contributed by atoms with Crippen molar-refractivity contribution in [3.63, 3.8) is 0 Å². The number of amides is 1. The van der Waals surface area contributed by atoms with E-state index in [0.29, 0.717) is 12.2 Å². The van der Waals surface area contributed by atoms with E-state index < -0.39 is 12.1 Å². The van der Waals surface area contributed by atoms with Crippen molar-refractivity contribution in [2.24, 2.45) is 0 Å². The number of likely N-dealkylation sites (N-methyl/N-ethyl adjacent to an activating group) is 1. The molecule has 0 aliphatic heterocycles. The molecule has 1 heterocycles. The van der Waals surface area contributed by atoms with Gasteiger partial charge in [0.1, 0.15) is 12.2 Å². The van der Waals surface area contributed by atoms with E-state index in [1.807, 2.05) is 0 Å². The van der Waals surface area contributed by atoms with E-state index in [4.69, 9.17) is 11.6 Å². The molecule has 1 N–H and O–H groups in total. The number of nitrogens with zero attached hydrogens (tertiary/aromatic N) is 3. The maximum atomic E-state index is 12.9. The Morgan fingerprint density at radius 3 is 2.61 bits per heavy atom. The number of aromatic nitrogens is 2. The molecule has 2 rings (SSSR count). The lowest BCUT2D eigenvalue weighted by Crippen LogP contribution is -2.36. The van der Waals surface area contributed by atoms with Crippen molar-refractivity contribution in [1.82, 2.24) is 20.0 Å². The van der Waals surface area contributed by atoms with E-state index in [1.54, 1.807) is 0 Å². The first kappa shape index (κ1) is 18.1. The SMILES string of the molecule is CCN(CC)CCNC(=O)Cn1nc(C(F)F)c(Cl)c1C1CC1. The van der Waals surface area contributed by atoms with E-state index in [2.05, 4.69) is 29.2 Å². The Hall–Kier alpha value is -1.21. The van der Waals surface area contributed by atoms with Crippen LogP contribution < -0.4 is 5.32 Å². The van der Waals surface area contributed by atoms with E-state index >= 15 is 0 Å². The maximum absolute atomic E-state index is 12.9. The summed E-state index contributed by atoms with van der Waals surface area (Å²) in [5.41, 5.74) is 0.144. The summed E-state index contributed by atoms with van der Waals surface area (Å²) in [5, 5.41) is 6.66. The van der Waals surface area contributed by atoms with Crippen LogP contribution in [0.2, 0.25) is 5.02 Å². The average molecular weight is 349 g/mol. The first-order valence-electron chi connectivity index (χ1n) is 8.01. The Morgan fingerprint density at radius 2 is 2.09 bits per heavy atom. The molecule has 1 saturated carbocycles. The number of hydrogen-bond donors (Lipinski definition) is 1. The Labute approximate surface area is 140 Å². The van der Waals surface area contributed by atoms with Crippen LogP contribution in [0.15, 0.2) is 0 Å². The minimum atomic E-state index is -2.73. The second-order valence-electron chi connectivity index (χ2n) is 5.69. The molecule has 1 aromatic heterocycles. The molecule has 8 heteroatoms. The molecule has 0 atom stereocenters. The highest BCUT2D eigenvalue weighted by Gasteiger charge is 2.34. The smallest absolute Gasteiger partial charge is 0.283 e. The largest absolute Gasteiger partial charge is 0.353 e. The van der Waals surface area contributed by atoms with Gasteiger partial charge in [-0.2, -0.15) is 5.10 Å². The molecular weight excluding hydrogens is 326 g/mol. The minimum absolute atomic E-state index is 0.0124. The summed E-state index contributed by atoms with van der Waals surface area (Å²) in [5.74, 6) is -0.0926.